The molecule has 1 aliphatic carbocycles. The molecule has 1 aliphatic rings. The fourth-order valence-corrected chi connectivity index (χ4v) is 2.97. The van der Waals surface area contributed by atoms with Gasteiger partial charge in [0.25, 0.3) is 0 Å². The summed E-state index contributed by atoms with van der Waals surface area (Å²) in [5.74, 6) is 0.483. The van der Waals surface area contributed by atoms with Crippen molar-refractivity contribution in [1.82, 2.24) is 10.2 Å². The smallest absolute Gasteiger partial charge is 0.169 e. The zero-order chi connectivity index (χ0) is 14.5. The van der Waals surface area contributed by atoms with Crippen LogP contribution >= 0.6 is 12.2 Å². The van der Waals surface area contributed by atoms with Gasteiger partial charge in [-0.15, -0.1) is 0 Å². The van der Waals surface area contributed by atoms with Gasteiger partial charge in [-0.05, 0) is 37.0 Å². The normalized spacial score (nSPS) is 22.4. The van der Waals surface area contributed by atoms with Gasteiger partial charge in [0.1, 0.15) is 5.82 Å². The molecule has 1 fully saturated rings. The summed E-state index contributed by atoms with van der Waals surface area (Å²) in [6.45, 7) is 2.77. The predicted octanol–water partition coefficient (Wildman–Crippen LogP) is 3.71. The lowest BCUT2D eigenvalue weighted by Crippen LogP contribution is -2.46. The van der Waals surface area contributed by atoms with Crippen molar-refractivity contribution in [1.29, 1.82) is 0 Å². The monoisotopic (exact) mass is 294 g/mol. The number of nitrogens with one attached hydrogen (secondary N) is 1. The summed E-state index contributed by atoms with van der Waals surface area (Å²) in [7, 11) is 1.91. The van der Waals surface area contributed by atoms with Crippen molar-refractivity contribution in [3.63, 3.8) is 0 Å². The number of nitrogens with zero attached hydrogens (tertiary/aromatic N) is 1. The number of hydrogen-bond acceptors (Lipinski definition) is 1. The second-order valence-corrected chi connectivity index (χ2v) is 6.15. The van der Waals surface area contributed by atoms with Crippen molar-refractivity contribution in [3.8, 4) is 0 Å². The Kier molecular flexibility index (Phi) is 5.35. The van der Waals surface area contributed by atoms with Gasteiger partial charge in [0.15, 0.2) is 5.11 Å². The highest BCUT2D eigenvalue weighted by Crippen LogP contribution is 2.23. The summed E-state index contributed by atoms with van der Waals surface area (Å²) in [4.78, 5) is 1.91. The fourth-order valence-electron chi connectivity index (χ4n) is 2.75. The second-order valence-electron chi connectivity index (χ2n) is 5.77. The maximum Gasteiger partial charge on any atom is 0.169 e. The van der Waals surface area contributed by atoms with Crippen LogP contribution in [0.3, 0.4) is 0 Å². The van der Waals surface area contributed by atoms with Gasteiger partial charge >= 0.3 is 0 Å². The summed E-state index contributed by atoms with van der Waals surface area (Å²) in [5.41, 5.74) is 0.677. The van der Waals surface area contributed by atoms with Crippen LogP contribution in [-0.2, 0) is 6.54 Å². The second kappa shape index (κ2) is 7.02. The molecule has 2 atom stereocenters. The van der Waals surface area contributed by atoms with Crippen LogP contribution in [0.2, 0.25) is 0 Å². The first-order chi connectivity index (χ1) is 9.58. The quantitative estimate of drug-likeness (QED) is 0.856. The highest BCUT2D eigenvalue weighted by Gasteiger charge is 2.22. The van der Waals surface area contributed by atoms with E-state index in [0.717, 1.165) is 0 Å². The van der Waals surface area contributed by atoms with Gasteiger partial charge < -0.3 is 10.2 Å². The first-order valence-corrected chi connectivity index (χ1v) is 7.74. The van der Waals surface area contributed by atoms with Crippen LogP contribution in [0.4, 0.5) is 4.39 Å². The minimum atomic E-state index is -0.173. The molecule has 0 radical (unpaired) electrons. The maximum atomic E-state index is 13.6. The van der Waals surface area contributed by atoms with Crippen molar-refractivity contribution in [2.24, 2.45) is 5.92 Å². The molecule has 2 rings (SSSR count). The van der Waals surface area contributed by atoms with Crippen LogP contribution in [0.15, 0.2) is 24.3 Å². The Morgan fingerprint density at radius 3 is 2.75 bits per heavy atom. The lowest BCUT2D eigenvalue weighted by Gasteiger charge is -2.33. The summed E-state index contributed by atoms with van der Waals surface area (Å²) >= 11 is 5.45. The van der Waals surface area contributed by atoms with Crippen molar-refractivity contribution < 1.29 is 4.39 Å². The molecule has 0 saturated heterocycles. The zero-order valence-electron chi connectivity index (χ0n) is 12.2. The topological polar surface area (TPSA) is 15.3 Å². The van der Waals surface area contributed by atoms with E-state index in [1.807, 2.05) is 18.0 Å². The van der Waals surface area contributed by atoms with E-state index in [9.17, 15) is 4.39 Å². The van der Waals surface area contributed by atoms with E-state index in [2.05, 4.69) is 12.2 Å². The average molecular weight is 294 g/mol. The Morgan fingerprint density at radius 1 is 1.35 bits per heavy atom. The van der Waals surface area contributed by atoms with Crippen LogP contribution in [0.25, 0.3) is 0 Å². The van der Waals surface area contributed by atoms with Crippen LogP contribution in [-0.4, -0.2) is 23.1 Å². The standard InChI is InChI=1S/C16H23FN2S/c1-12-7-3-6-10-15(12)18-16(20)19(2)11-13-8-4-5-9-14(13)17/h4-5,8-9,12,15H,3,6-7,10-11H2,1-2H3,(H,18,20). The molecule has 4 heteroatoms. The average Bonchev–Trinajstić information content (AvgIpc) is 2.43. The molecule has 0 aromatic heterocycles. The Labute approximate surface area is 126 Å². The molecule has 1 saturated carbocycles. The zero-order valence-corrected chi connectivity index (χ0v) is 13.0. The third kappa shape index (κ3) is 3.92. The van der Waals surface area contributed by atoms with E-state index < -0.39 is 0 Å². The van der Waals surface area contributed by atoms with E-state index in [-0.39, 0.29) is 5.82 Å². The fraction of sp³-hybridized carbons (Fsp3) is 0.562. The molecule has 1 aromatic carbocycles. The number of thiocarbonyl (C=S) groups is 1. The first-order valence-electron chi connectivity index (χ1n) is 7.33. The van der Waals surface area contributed by atoms with Crippen molar-refractivity contribution in [2.45, 2.75) is 45.2 Å². The molecule has 2 unspecified atom stereocenters. The van der Waals surface area contributed by atoms with Crippen LogP contribution in [0.5, 0.6) is 0 Å². The third-order valence-corrected chi connectivity index (χ3v) is 4.56. The first kappa shape index (κ1) is 15.2. The van der Waals surface area contributed by atoms with Crippen LogP contribution in [0, 0.1) is 11.7 Å². The van der Waals surface area contributed by atoms with Gasteiger partial charge in [0.2, 0.25) is 0 Å². The lowest BCUT2D eigenvalue weighted by atomic mass is 9.86. The van der Waals surface area contributed by atoms with E-state index in [1.54, 1.807) is 12.1 Å². The summed E-state index contributed by atoms with van der Waals surface area (Å²) in [6.07, 6.45) is 5.02. The Bertz CT molecular complexity index is 464. The minimum Gasteiger partial charge on any atom is -0.360 e. The maximum absolute atomic E-state index is 13.6. The molecule has 0 bridgehead atoms. The van der Waals surface area contributed by atoms with Crippen molar-refractivity contribution >= 4 is 17.3 Å². The molecule has 0 spiro atoms. The van der Waals surface area contributed by atoms with Crippen molar-refractivity contribution in [3.05, 3.63) is 35.6 Å². The lowest BCUT2D eigenvalue weighted by molar-refractivity contribution is 0.300. The molecule has 2 nitrogen and oxygen atoms in total. The molecular formula is C16H23FN2S. The number of rotatable bonds is 3. The summed E-state index contributed by atoms with van der Waals surface area (Å²) in [6, 6.07) is 7.31. The van der Waals surface area contributed by atoms with Gasteiger partial charge in [0, 0.05) is 25.2 Å². The molecule has 110 valence electrons. The largest absolute Gasteiger partial charge is 0.360 e. The highest BCUT2D eigenvalue weighted by atomic mass is 32.1. The molecule has 0 amide bonds. The highest BCUT2D eigenvalue weighted by molar-refractivity contribution is 7.80. The third-order valence-electron chi connectivity index (χ3n) is 4.13. The van der Waals surface area contributed by atoms with Gasteiger partial charge in [-0.2, -0.15) is 0 Å². The number of benzene rings is 1. The van der Waals surface area contributed by atoms with Crippen LogP contribution < -0.4 is 5.32 Å². The number of halogens is 1. The van der Waals surface area contributed by atoms with Gasteiger partial charge in [-0.25, -0.2) is 4.39 Å². The van der Waals surface area contributed by atoms with E-state index in [1.165, 1.54) is 31.7 Å². The van der Waals surface area contributed by atoms with Crippen molar-refractivity contribution in [2.75, 3.05) is 7.05 Å². The minimum absolute atomic E-state index is 0.173. The molecule has 1 aromatic rings. The Hall–Kier alpha value is -1.16. The van der Waals surface area contributed by atoms with Crippen LogP contribution in [0.1, 0.15) is 38.2 Å². The van der Waals surface area contributed by atoms with E-state index in [0.29, 0.717) is 29.2 Å². The molecule has 20 heavy (non-hydrogen) atoms. The molecule has 0 heterocycles. The van der Waals surface area contributed by atoms with Gasteiger partial charge in [0.05, 0.1) is 0 Å². The SMILES string of the molecule is CC1CCCCC1NC(=S)N(C)Cc1ccccc1F. The predicted molar refractivity (Wildman–Crippen MR) is 85.0 cm³/mol. The number of hydrogen-bond donors (Lipinski definition) is 1. The van der Waals surface area contributed by atoms with E-state index >= 15 is 0 Å². The summed E-state index contributed by atoms with van der Waals surface area (Å²) in [5, 5.41) is 4.16. The van der Waals surface area contributed by atoms with E-state index in [4.69, 9.17) is 12.2 Å². The molecule has 1 N–H and O–H groups in total. The summed E-state index contributed by atoms with van der Waals surface area (Å²) < 4.78 is 13.6. The van der Waals surface area contributed by atoms with Gasteiger partial charge in [-0.3, -0.25) is 0 Å². The Morgan fingerprint density at radius 2 is 2.05 bits per heavy atom. The van der Waals surface area contributed by atoms with Gasteiger partial charge in [-0.1, -0.05) is 38.0 Å². The molecule has 0 aliphatic heterocycles. The molecular weight excluding hydrogens is 271 g/mol. The Balaban J connectivity index is 1.90.